The first kappa shape index (κ1) is 12.7. The first-order chi connectivity index (χ1) is 7.14. The summed E-state index contributed by atoms with van der Waals surface area (Å²) in [6, 6.07) is -0.0438. The molecule has 15 heavy (non-hydrogen) atoms. The second kappa shape index (κ2) is 5.68. The Balaban J connectivity index is 2.59. The van der Waals surface area contributed by atoms with Gasteiger partial charge in [0.2, 0.25) is 5.91 Å². The molecule has 0 aromatic heterocycles. The summed E-state index contributed by atoms with van der Waals surface area (Å²) in [4.78, 5) is 11.2. The van der Waals surface area contributed by atoms with Crippen molar-refractivity contribution < 1.29 is 14.3 Å². The van der Waals surface area contributed by atoms with Crippen LogP contribution in [0.3, 0.4) is 0 Å². The Morgan fingerprint density at radius 2 is 2.20 bits per heavy atom. The molecule has 0 spiro atoms. The molecule has 0 aromatic carbocycles. The fraction of sp³-hybridized carbons (Fsp3) is 0.900. The van der Waals surface area contributed by atoms with Gasteiger partial charge in [-0.25, -0.2) is 0 Å². The lowest BCUT2D eigenvalue weighted by Gasteiger charge is -2.40. The van der Waals surface area contributed by atoms with Gasteiger partial charge in [0.15, 0.2) is 0 Å². The molecule has 1 aliphatic heterocycles. The number of carbonyl (C=O) groups excluding carboxylic acids is 1. The molecule has 1 unspecified atom stereocenters. The Morgan fingerprint density at radius 1 is 1.60 bits per heavy atom. The Kier molecular flexibility index (Phi) is 4.83. The van der Waals surface area contributed by atoms with Crippen molar-refractivity contribution >= 4 is 17.5 Å². The van der Waals surface area contributed by atoms with Gasteiger partial charge in [-0.05, 0) is 6.92 Å². The summed E-state index contributed by atoms with van der Waals surface area (Å²) >= 11 is 5.45. The fourth-order valence-corrected chi connectivity index (χ4v) is 2.02. The lowest BCUT2D eigenvalue weighted by molar-refractivity contribution is -0.129. The van der Waals surface area contributed by atoms with Crippen LogP contribution in [-0.4, -0.2) is 43.8 Å². The molecule has 0 saturated carbocycles. The third kappa shape index (κ3) is 3.06. The largest absolute Gasteiger partial charge is 0.381 e. The van der Waals surface area contributed by atoms with Crippen molar-refractivity contribution in [2.24, 2.45) is 0 Å². The van der Waals surface area contributed by atoms with E-state index in [-0.39, 0.29) is 23.4 Å². The van der Waals surface area contributed by atoms with Crippen LogP contribution >= 0.6 is 11.6 Å². The van der Waals surface area contributed by atoms with Gasteiger partial charge in [0, 0.05) is 33.2 Å². The predicted molar refractivity (Wildman–Crippen MR) is 58.1 cm³/mol. The number of rotatable bonds is 4. The van der Waals surface area contributed by atoms with Gasteiger partial charge in [0.25, 0.3) is 0 Å². The maximum absolute atomic E-state index is 11.2. The molecular weight excluding hydrogens is 218 g/mol. The summed E-state index contributed by atoms with van der Waals surface area (Å²) in [6.07, 6.45) is 1.60. The second-order valence-electron chi connectivity index (χ2n) is 3.80. The Hall–Kier alpha value is -0.320. The summed E-state index contributed by atoms with van der Waals surface area (Å²) in [5.41, 5.74) is -0.306. The van der Waals surface area contributed by atoms with Gasteiger partial charge in [0.05, 0.1) is 11.6 Å². The quantitative estimate of drug-likeness (QED) is 0.738. The Bertz CT molecular complexity index is 217. The van der Waals surface area contributed by atoms with E-state index in [1.807, 2.05) is 6.92 Å². The lowest BCUT2D eigenvalue weighted by atomic mass is 9.87. The van der Waals surface area contributed by atoms with E-state index >= 15 is 0 Å². The average molecular weight is 236 g/mol. The van der Waals surface area contributed by atoms with Gasteiger partial charge in [-0.15, -0.1) is 11.6 Å². The van der Waals surface area contributed by atoms with Crippen molar-refractivity contribution in [3.8, 4) is 0 Å². The van der Waals surface area contributed by atoms with Gasteiger partial charge >= 0.3 is 0 Å². The van der Waals surface area contributed by atoms with E-state index in [1.54, 1.807) is 7.11 Å². The first-order valence-corrected chi connectivity index (χ1v) is 5.66. The molecule has 1 saturated heterocycles. The van der Waals surface area contributed by atoms with Gasteiger partial charge in [-0.2, -0.15) is 0 Å². The monoisotopic (exact) mass is 235 g/mol. The molecule has 0 aliphatic carbocycles. The van der Waals surface area contributed by atoms with E-state index < -0.39 is 0 Å². The maximum atomic E-state index is 11.2. The molecule has 1 heterocycles. The Morgan fingerprint density at radius 3 is 2.67 bits per heavy atom. The van der Waals surface area contributed by atoms with Gasteiger partial charge in [-0.1, -0.05) is 0 Å². The molecule has 0 radical (unpaired) electrons. The van der Waals surface area contributed by atoms with Crippen molar-refractivity contribution in [1.29, 1.82) is 0 Å². The van der Waals surface area contributed by atoms with Crippen molar-refractivity contribution in [2.75, 3.05) is 26.2 Å². The van der Waals surface area contributed by atoms with Gasteiger partial charge in [-0.3, -0.25) is 4.79 Å². The second-order valence-corrected chi connectivity index (χ2v) is 4.07. The molecule has 88 valence electrons. The molecule has 0 aromatic rings. The number of methoxy groups -OCH3 is 1. The third-order valence-electron chi connectivity index (χ3n) is 3.03. The molecule has 1 fully saturated rings. The van der Waals surface area contributed by atoms with Crippen molar-refractivity contribution in [2.45, 2.75) is 31.4 Å². The van der Waals surface area contributed by atoms with E-state index in [4.69, 9.17) is 21.1 Å². The van der Waals surface area contributed by atoms with Crippen LogP contribution in [-0.2, 0) is 14.3 Å². The zero-order valence-electron chi connectivity index (χ0n) is 9.22. The highest BCUT2D eigenvalue weighted by molar-refractivity contribution is 6.27. The number of amides is 1. The number of carbonyl (C=O) groups is 1. The molecule has 1 atom stereocenters. The Labute approximate surface area is 95.3 Å². The van der Waals surface area contributed by atoms with E-state index in [0.717, 1.165) is 12.8 Å². The number of hydrogen-bond acceptors (Lipinski definition) is 3. The van der Waals surface area contributed by atoms with Crippen LogP contribution in [0.4, 0.5) is 0 Å². The number of halogens is 1. The minimum Gasteiger partial charge on any atom is -0.381 e. The molecular formula is C10H18ClNO3. The van der Waals surface area contributed by atoms with Crippen LogP contribution in [0.1, 0.15) is 19.8 Å². The van der Waals surface area contributed by atoms with Crippen LogP contribution in [0.5, 0.6) is 0 Å². The van der Waals surface area contributed by atoms with Crippen LogP contribution in [0.2, 0.25) is 0 Å². The maximum Gasteiger partial charge on any atom is 0.235 e. The van der Waals surface area contributed by atoms with E-state index in [1.165, 1.54) is 0 Å². The molecule has 5 heteroatoms. The summed E-state index contributed by atoms with van der Waals surface area (Å²) in [7, 11) is 1.68. The molecule has 1 N–H and O–H groups in total. The van der Waals surface area contributed by atoms with Crippen molar-refractivity contribution in [3.63, 3.8) is 0 Å². The van der Waals surface area contributed by atoms with Gasteiger partial charge in [0.1, 0.15) is 5.88 Å². The topological polar surface area (TPSA) is 47.6 Å². The third-order valence-corrected chi connectivity index (χ3v) is 3.28. The van der Waals surface area contributed by atoms with E-state index in [2.05, 4.69) is 5.32 Å². The number of alkyl halides is 1. The van der Waals surface area contributed by atoms with Crippen molar-refractivity contribution in [3.05, 3.63) is 0 Å². The lowest BCUT2D eigenvalue weighted by Crippen LogP contribution is -2.55. The summed E-state index contributed by atoms with van der Waals surface area (Å²) < 4.78 is 10.8. The van der Waals surface area contributed by atoms with Crippen LogP contribution in [0.15, 0.2) is 0 Å². The number of nitrogens with one attached hydrogen (secondary N) is 1. The fourth-order valence-electron chi connectivity index (χ4n) is 1.94. The highest BCUT2D eigenvalue weighted by Gasteiger charge is 2.38. The average Bonchev–Trinajstić information content (AvgIpc) is 2.29. The first-order valence-electron chi connectivity index (χ1n) is 5.13. The SMILES string of the molecule is COC1(C(C)NC(=O)CCl)CCOCC1. The predicted octanol–water partition coefficient (Wildman–Crippen LogP) is 0.925. The number of hydrogen-bond donors (Lipinski definition) is 1. The molecule has 1 amide bonds. The normalized spacial score (nSPS) is 22.1. The van der Waals surface area contributed by atoms with Crippen molar-refractivity contribution in [1.82, 2.24) is 5.32 Å². The zero-order chi connectivity index (χ0) is 11.3. The summed E-state index contributed by atoms with van der Waals surface area (Å²) in [6.45, 7) is 3.29. The standard InChI is InChI=1S/C10H18ClNO3/c1-8(12-9(13)7-11)10(14-2)3-5-15-6-4-10/h8H,3-7H2,1-2H3,(H,12,13). The van der Waals surface area contributed by atoms with E-state index in [9.17, 15) is 4.79 Å². The van der Waals surface area contributed by atoms with Crippen LogP contribution in [0, 0.1) is 0 Å². The minimum absolute atomic E-state index is 0.0133. The minimum atomic E-state index is -0.306. The van der Waals surface area contributed by atoms with Gasteiger partial charge < -0.3 is 14.8 Å². The highest BCUT2D eigenvalue weighted by Crippen LogP contribution is 2.28. The molecule has 1 rings (SSSR count). The summed E-state index contributed by atoms with van der Waals surface area (Å²) in [5.74, 6) is -0.173. The molecule has 4 nitrogen and oxygen atoms in total. The summed E-state index contributed by atoms with van der Waals surface area (Å²) in [5, 5.41) is 2.84. The van der Waals surface area contributed by atoms with E-state index in [0.29, 0.717) is 13.2 Å². The smallest absolute Gasteiger partial charge is 0.235 e. The van der Waals surface area contributed by atoms with Crippen LogP contribution in [0.25, 0.3) is 0 Å². The van der Waals surface area contributed by atoms with Crippen LogP contribution < -0.4 is 5.32 Å². The molecule has 0 bridgehead atoms. The molecule has 1 aliphatic rings. The zero-order valence-corrected chi connectivity index (χ0v) is 9.97. The highest BCUT2D eigenvalue weighted by atomic mass is 35.5. The number of ether oxygens (including phenoxy) is 2.